The van der Waals surface area contributed by atoms with Crippen molar-refractivity contribution in [2.24, 2.45) is 0 Å². The number of hydrogen-bond donors (Lipinski definition) is 1. The third-order valence-corrected chi connectivity index (χ3v) is 2.52. The van der Waals surface area contributed by atoms with E-state index in [-0.39, 0.29) is 6.42 Å². The highest BCUT2D eigenvalue weighted by molar-refractivity contribution is 5.73. The monoisotopic (exact) mass is 242 g/mol. The number of benzene rings is 2. The molecule has 2 aromatic rings. The van der Waals surface area contributed by atoms with Crippen molar-refractivity contribution in [1.29, 1.82) is 0 Å². The Morgan fingerprint density at radius 2 is 1.56 bits per heavy atom. The zero-order chi connectivity index (χ0) is 12.8. The molecule has 0 spiro atoms. The average Bonchev–Trinajstić information content (AvgIpc) is 2.40. The van der Waals surface area contributed by atoms with Gasteiger partial charge in [-0.2, -0.15) is 0 Å². The Bertz CT molecular complexity index is 494. The van der Waals surface area contributed by atoms with E-state index < -0.39 is 12.1 Å². The van der Waals surface area contributed by atoms with E-state index in [0.29, 0.717) is 11.3 Å². The first kappa shape index (κ1) is 12.3. The van der Waals surface area contributed by atoms with E-state index >= 15 is 0 Å². The van der Waals surface area contributed by atoms with Crippen LogP contribution >= 0.6 is 0 Å². The van der Waals surface area contributed by atoms with Crippen molar-refractivity contribution in [2.75, 3.05) is 0 Å². The van der Waals surface area contributed by atoms with Gasteiger partial charge in [0.15, 0.2) is 0 Å². The first-order valence-corrected chi connectivity index (χ1v) is 5.74. The van der Waals surface area contributed by atoms with Gasteiger partial charge in [0, 0.05) is 0 Å². The lowest BCUT2D eigenvalue weighted by Gasteiger charge is -2.10. The largest absolute Gasteiger partial charge is 0.426 e. The number of para-hydroxylation sites is 1. The average molecular weight is 242 g/mol. The molecule has 3 heteroatoms. The molecule has 18 heavy (non-hydrogen) atoms. The third-order valence-electron chi connectivity index (χ3n) is 2.52. The number of rotatable bonds is 4. The topological polar surface area (TPSA) is 46.5 Å². The van der Waals surface area contributed by atoms with Crippen LogP contribution in [0.5, 0.6) is 5.75 Å². The van der Waals surface area contributed by atoms with Crippen molar-refractivity contribution in [1.82, 2.24) is 0 Å². The summed E-state index contributed by atoms with van der Waals surface area (Å²) in [6, 6.07) is 17.9. The van der Waals surface area contributed by atoms with Crippen LogP contribution in [0.25, 0.3) is 0 Å². The van der Waals surface area contributed by atoms with Crippen LogP contribution in [-0.4, -0.2) is 11.1 Å². The summed E-state index contributed by atoms with van der Waals surface area (Å²) in [7, 11) is 0. The lowest BCUT2D eigenvalue weighted by molar-refractivity contribution is -0.136. The summed E-state index contributed by atoms with van der Waals surface area (Å²) in [4.78, 5) is 11.6. The number of carbonyl (C=O) groups is 1. The van der Waals surface area contributed by atoms with Gasteiger partial charge in [0.2, 0.25) is 0 Å². The van der Waals surface area contributed by atoms with Crippen LogP contribution in [0.3, 0.4) is 0 Å². The molecule has 92 valence electrons. The smallest absolute Gasteiger partial charge is 0.314 e. The second-order valence-electron chi connectivity index (χ2n) is 3.92. The minimum absolute atomic E-state index is 0.0566. The fraction of sp³-hybridized carbons (Fsp3) is 0.133. The number of aliphatic hydroxyl groups excluding tert-OH is 1. The van der Waals surface area contributed by atoms with Crippen LogP contribution < -0.4 is 4.74 Å². The number of carbonyl (C=O) groups excluding carboxylic acids is 1. The first-order chi connectivity index (χ1) is 8.75. The van der Waals surface area contributed by atoms with E-state index in [9.17, 15) is 9.90 Å². The van der Waals surface area contributed by atoms with Gasteiger partial charge >= 0.3 is 5.97 Å². The summed E-state index contributed by atoms with van der Waals surface area (Å²) in [5, 5.41) is 9.87. The normalized spacial score (nSPS) is 11.8. The molecular formula is C15H14O3. The zero-order valence-corrected chi connectivity index (χ0v) is 9.82. The molecule has 0 heterocycles. The maximum absolute atomic E-state index is 11.6. The van der Waals surface area contributed by atoms with Gasteiger partial charge in [0.1, 0.15) is 5.75 Å². The van der Waals surface area contributed by atoms with E-state index in [1.807, 2.05) is 24.3 Å². The van der Waals surface area contributed by atoms with Crippen molar-refractivity contribution < 1.29 is 14.6 Å². The van der Waals surface area contributed by atoms with E-state index in [4.69, 9.17) is 4.74 Å². The summed E-state index contributed by atoms with van der Waals surface area (Å²) < 4.78 is 5.11. The van der Waals surface area contributed by atoms with Crippen LogP contribution in [0.2, 0.25) is 0 Å². The third kappa shape index (κ3) is 3.43. The molecule has 0 aliphatic carbocycles. The molecule has 0 aliphatic heterocycles. The SMILES string of the molecule is O=C(CC(O)c1ccccc1)Oc1ccccc1. The van der Waals surface area contributed by atoms with Crippen LogP contribution in [0, 0.1) is 0 Å². The van der Waals surface area contributed by atoms with Crippen LogP contribution in [0.4, 0.5) is 0 Å². The Kier molecular flexibility index (Phi) is 4.10. The minimum atomic E-state index is -0.831. The number of ether oxygens (including phenoxy) is 1. The first-order valence-electron chi connectivity index (χ1n) is 5.74. The lowest BCUT2D eigenvalue weighted by Crippen LogP contribution is -2.12. The zero-order valence-electron chi connectivity index (χ0n) is 9.82. The molecule has 0 bridgehead atoms. The van der Waals surface area contributed by atoms with Gasteiger partial charge in [0.05, 0.1) is 12.5 Å². The maximum Gasteiger partial charge on any atom is 0.314 e. The van der Waals surface area contributed by atoms with Gasteiger partial charge < -0.3 is 9.84 Å². The van der Waals surface area contributed by atoms with Gasteiger partial charge in [-0.1, -0.05) is 48.5 Å². The Morgan fingerprint density at radius 3 is 2.17 bits per heavy atom. The maximum atomic E-state index is 11.6. The molecule has 0 amide bonds. The lowest BCUT2D eigenvalue weighted by atomic mass is 10.1. The van der Waals surface area contributed by atoms with Crippen molar-refractivity contribution in [3.8, 4) is 5.75 Å². The van der Waals surface area contributed by atoms with E-state index in [1.54, 1.807) is 36.4 Å². The second kappa shape index (κ2) is 5.98. The molecule has 2 rings (SSSR count). The van der Waals surface area contributed by atoms with Gasteiger partial charge in [-0.15, -0.1) is 0 Å². The molecule has 0 aliphatic rings. The summed E-state index contributed by atoms with van der Waals surface area (Å²) >= 11 is 0. The molecule has 3 nitrogen and oxygen atoms in total. The Hall–Kier alpha value is -2.13. The highest BCUT2D eigenvalue weighted by Gasteiger charge is 2.14. The standard InChI is InChI=1S/C15H14O3/c16-14(12-7-3-1-4-8-12)11-15(17)18-13-9-5-2-6-10-13/h1-10,14,16H,11H2. The molecular weight excluding hydrogens is 228 g/mol. The summed E-state index contributed by atoms with van der Waals surface area (Å²) in [5.74, 6) is 0.0420. The Morgan fingerprint density at radius 1 is 1.00 bits per heavy atom. The summed E-state index contributed by atoms with van der Waals surface area (Å²) in [5.41, 5.74) is 0.711. The van der Waals surface area contributed by atoms with Crippen molar-refractivity contribution >= 4 is 5.97 Å². The van der Waals surface area contributed by atoms with Gasteiger partial charge in [-0.05, 0) is 17.7 Å². The Balaban J connectivity index is 1.92. The fourth-order valence-electron chi connectivity index (χ4n) is 1.61. The van der Waals surface area contributed by atoms with E-state index in [1.165, 1.54) is 0 Å². The van der Waals surface area contributed by atoms with Crippen LogP contribution in [-0.2, 0) is 4.79 Å². The number of esters is 1. The van der Waals surface area contributed by atoms with Crippen molar-refractivity contribution in [3.05, 3.63) is 66.2 Å². The highest BCUT2D eigenvalue weighted by atomic mass is 16.5. The predicted molar refractivity (Wildman–Crippen MR) is 68.1 cm³/mol. The van der Waals surface area contributed by atoms with E-state index in [2.05, 4.69) is 0 Å². The number of hydrogen-bond acceptors (Lipinski definition) is 3. The van der Waals surface area contributed by atoms with Gasteiger partial charge in [-0.25, -0.2) is 0 Å². The molecule has 2 aromatic carbocycles. The summed E-state index contributed by atoms with van der Waals surface area (Å²) in [6.07, 6.45) is -0.888. The van der Waals surface area contributed by atoms with Crippen molar-refractivity contribution in [3.63, 3.8) is 0 Å². The molecule has 1 atom stereocenters. The molecule has 0 aromatic heterocycles. The molecule has 0 radical (unpaired) electrons. The molecule has 0 saturated heterocycles. The Labute approximate surface area is 106 Å². The molecule has 0 saturated carbocycles. The van der Waals surface area contributed by atoms with Crippen LogP contribution in [0.15, 0.2) is 60.7 Å². The second-order valence-corrected chi connectivity index (χ2v) is 3.92. The highest BCUT2D eigenvalue weighted by Crippen LogP contribution is 2.17. The quantitative estimate of drug-likeness (QED) is 0.662. The van der Waals surface area contributed by atoms with Crippen LogP contribution in [0.1, 0.15) is 18.1 Å². The fourth-order valence-corrected chi connectivity index (χ4v) is 1.61. The van der Waals surface area contributed by atoms with Gasteiger partial charge in [-0.3, -0.25) is 4.79 Å². The van der Waals surface area contributed by atoms with Crippen molar-refractivity contribution in [2.45, 2.75) is 12.5 Å². The molecule has 0 fully saturated rings. The predicted octanol–water partition coefficient (Wildman–Crippen LogP) is 2.72. The number of aliphatic hydroxyl groups is 1. The minimum Gasteiger partial charge on any atom is -0.426 e. The summed E-state index contributed by atoms with van der Waals surface area (Å²) in [6.45, 7) is 0. The molecule has 1 unspecified atom stereocenters. The molecule has 1 N–H and O–H groups in total. The van der Waals surface area contributed by atoms with E-state index in [0.717, 1.165) is 0 Å². The van der Waals surface area contributed by atoms with Gasteiger partial charge in [0.25, 0.3) is 0 Å².